The molecule has 0 aliphatic carbocycles. The Morgan fingerprint density at radius 3 is 2.88 bits per heavy atom. The summed E-state index contributed by atoms with van der Waals surface area (Å²) in [5, 5.41) is 7.27. The molecule has 128 valence electrons. The Morgan fingerprint density at radius 2 is 2.04 bits per heavy atom. The van der Waals surface area contributed by atoms with Crippen molar-refractivity contribution in [2.45, 2.75) is 32.2 Å². The fourth-order valence-electron chi connectivity index (χ4n) is 3.94. The van der Waals surface area contributed by atoms with Gasteiger partial charge in [-0.3, -0.25) is 10.00 Å². The van der Waals surface area contributed by atoms with E-state index in [1.807, 2.05) is 6.20 Å². The minimum Gasteiger partial charge on any atom is -0.298 e. The number of aromatic nitrogens is 2. The Morgan fingerprint density at radius 1 is 1.12 bits per heavy atom. The number of hydrogen-bond acceptors (Lipinski definition) is 2. The number of piperidine rings is 1. The van der Waals surface area contributed by atoms with Gasteiger partial charge in [0, 0.05) is 30.9 Å². The van der Waals surface area contributed by atoms with E-state index in [0.29, 0.717) is 5.92 Å². The molecule has 2 heterocycles. The predicted molar refractivity (Wildman–Crippen MR) is 102 cm³/mol. The molecule has 3 nitrogen and oxygen atoms in total. The Labute approximate surface area is 149 Å². The molecule has 0 spiro atoms. The van der Waals surface area contributed by atoms with Crippen LogP contribution >= 0.6 is 0 Å². The third kappa shape index (κ3) is 3.67. The Hall–Kier alpha value is -2.39. The highest BCUT2D eigenvalue weighted by molar-refractivity contribution is 5.67. The quantitative estimate of drug-likeness (QED) is 0.747. The molecule has 0 radical (unpaired) electrons. The predicted octanol–water partition coefficient (Wildman–Crippen LogP) is 4.76. The van der Waals surface area contributed by atoms with Crippen LogP contribution in [-0.2, 0) is 6.54 Å². The molecule has 3 aromatic rings. The number of H-pyrrole nitrogens is 1. The first kappa shape index (κ1) is 16.1. The largest absolute Gasteiger partial charge is 0.298 e. The summed E-state index contributed by atoms with van der Waals surface area (Å²) in [6.45, 7) is 5.49. The lowest BCUT2D eigenvalue weighted by atomic mass is 9.94. The molecule has 1 fully saturated rings. The fourth-order valence-corrected chi connectivity index (χ4v) is 3.94. The zero-order valence-electron chi connectivity index (χ0n) is 14.8. The van der Waals surface area contributed by atoms with E-state index in [9.17, 15) is 0 Å². The van der Waals surface area contributed by atoms with Crippen LogP contribution < -0.4 is 0 Å². The topological polar surface area (TPSA) is 31.9 Å². The molecule has 0 unspecified atom stereocenters. The van der Waals surface area contributed by atoms with Crippen molar-refractivity contribution in [1.29, 1.82) is 0 Å². The molecular weight excluding hydrogens is 306 g/mol. The molecule has 1 atom stereocenters. The van der Waals surface area contributed by atoms with Crippen LogP contribution in [0.1, 0.15) is 35.6 Å². The minimum absolute atomic E-state index is 0.579. The number of benzene rings is 2. The summed E-state index contributed by atoms with van der Waals surface area (Å²) in [6, 6.07) is 19.7. The normalized spacial score (nSPS) is 18.4. The lowest BCUT2D eigenvalue weighted by Crippen LogP contribution is -2.34. The Kier molecular flexibility index (Phi) is 4.66. The maximum Gasteiger partial charge on any atom is 0.0490 e. The molecule has 1 N–H and O–H groups in total. The van der Waals surface area contributed by atoms with Crippen molar-refractivity contribution < 1.29 is 0 Å². The van der Waals surface area contributed by atoms with Crippen molar-refractivity contribution in [2.75, 3.05) is 13.1 Å². The molecule has 3 heteroatoms. The van der Waals surface area contributed by atoms with Crippen molar-refractivity contribution in [3.05, 3.63) is 77.6 Å². The lowest BCUT2D eigenvalue weighted by Gasteiger charge is -2.32. The van der Waals surface area contributed by atoms with E-state index >= 15 is 0 Å². The number of aromatic amines is 1. The van der Waals surface area contributed by atoms with Crippen LogP contribution in [0.25, 0.3) is 11.1 Å². The van der Waals surface area contributed by atoms with Crippen molar-refractivity contribution in [3.63, 3.8) is 0 Å². The van der Waals surface area contributed by atoms with E-state index in [4.69, 9.17) is 0 Å². The number of nitrogens with one attached hydrogen (secondary N) is 1. The van der Waals surface area contributed by atoms with Crippen LogP contribution in [0.2, 0.25) is 0 Å². The van der Waals surface area contributed by atoms with Gasteiger partial charge in [-0.15, -0.1) is 0 Å². The average molecular weight is 331 g/mol. The number of hydrogen-bond donors (Lipinski definition) is 1. The summed E-state index contributed by atoms with van der Waals surface area (Å²) in [6.07, 6.45) is 4.36. The first-order valence-corrected chi connectivity index (χ1v) is 9.16. The van der Waals surface area contributed by atoms with Crippen molar-refractivity contribution >= 4 is 0 Å². The summed E-state index contributed by atoms with van der Waals surface area (Å²) in [7, 11) is 0. The highest BCUT2D eigenvalue weighted by Gasteiger charge is 2.22. The zero-order chi connectivity index (χ0) is 17.1. The van der Waals surface area contributed by atoms with Gasteiger partial charge < -0.3 is 0 Å². The van der Waals surface area contributed by atoms with Crippen molar-refractivity contribution in [1.82, 2.24) is 15.1 Å². The Bertz CT molecular complexity index is 823. The molecule has 1 aliphatic rings. The van der Waals surface area contributed by atoms with E-state index in [2.05, 4.69) is 76.6 Å². The molecular formula is C22H25N3. The monoisotopic (exact) mass is 331 g/mol. The Balaban J connectivity index is 1.49. The van der Waals surface area contributed by atoms with Gasteiger partial charge in [0.15, 0.2) is 0 Å². The van der Waals surface area contributed by atoms with Gasteiger partial charge in [0.1, 0.15) is 0 Å². The highest BCUT2D eigenvalue weighted by atomic mass is 15.1. The molecule has 1 aliphatic heterocycles. The average Bonchev–Trinajstić information content (AvgIpc) is 3.17. The SMILES string of the molecule is Cc1ccccc1-c1cccc(CN2CCC[C@H](c3ccn[nH]3)C2)c1. The fraction of sp³-hybridized carbons (Fsp3) is 0.318. The molecule has 2 aromatic carbocycles. The summed E-state index contributed by atoms with van der Waals surface area (Å²) in [5.41, 5.74) is 6.65. The number of rotatable bonds is 4. The molecule has 1 aromatic heterocycles. The van der Waals surface area contributed by atoms with Crippen LogP contribution in [0, 0.1) is 6.92 Å². The third-order valence-corrected chi connectivity index (χ3v) is 5.26. The van der Waals surface area contributed by atoms with E-state index < -0.39 is 0 Å². The second-order valence-corrected chi connectivity index (χ2v) is 7.10. The molecule has 0 amide bonds. The van der Waals surface area contributed by atoms with Crippen LogP contribution in [-0.4, -0.2) is 28.2 Å². The van der Waals surface area contributed by atoms with Gasteiger partial charge in [-0.1, -0.05) is 42.5 Å². The summed E-state index contributed by atoms with van der Waals surface area (Å²) < 4.78 is 0. The summed E-state index contributed by atoms with van der Waals surface area (Å²) >= 11 is 0. The van der Waals surface area contributed by atoms with Gasteiger partial charge >= 0.3 is 0 Å². The second-order valence-electron chi connectivity index (χ2n) is 7.10. The van der Waals surface area contributed by atoms with E-state index in [-0.39, 0.29) is 0 Å². The van der Waals surface area contributed by atoms with Crippen molar-refractivity contribution in [3.8, 4) is 11.1 Å². The van der Waals surface area contributed by atoms with Gasteiger partial charge in [-0.05, 0) is 60.7 Å². The van der Waals surface area contributed by atoms with Crippen LogP contribution in [0.4, 0.5) is 0 Å². The van der Waals surface area contributed by atoms with Crippen molar-refractivity contribution in [2.24, 2.45) is 0 Å². The van der Waals surface area contributed by atoms with E-state index in [0.717, 1.165) is 13.1 Å². The van der Waals surface area contributed by atoms with Crippen LogP contribution in [0.5, 0.6) is 0 Å². The number of nitrogens with zero attached hydrogens (tertiary/aromatic N) is 2. The maximum absolute atomic E-state index is 4.12. The van der Waals surface area contributed by atoms with Gasteiger partial charge in [0.05, 0.1) is 0 Å². The second kappa shape index (κ2) is 7.24. The molecule has 25 heavy (non-hydrogen) atoms. The molecule has 0 bridgehead atoms. The van der Waals surface area contributed by atoms with E-state index in [1.165, 1.54) is 47.3 Å². The first-order valence-electron chi connectivity index (χ1n) is 9.16. The standard InChI is InChI=1S/C22H25N3/c1-17-6-2-3-10-21(17)19-8-4-7-18(14-19)15-25-13-5-9-20(16-25)22-11-12-23-24-22/h2-4,6-8,10-12,14,20H,5,9,13,15-16H2,1H3,(H,23,24)/t20-/m0/s1. The minimum atomic E-state index is 0.579. The van der Waals surface area contributed by atoms with Crippen LogP contribution in [0.3, 0.4) is 0 Å². The van der Waals surface area contributed by atoms with Gasteiger partial charge in [0.2, 0.25) is 0 Å². The van der Waals surface area contributed by atoms with Gasteiger partial charge in [0.25, 0.3) is 0 Å². The van der Waals surface area contributed by atoms with Gasteiger partial charge in [-0.2, -0.15) is 5.10 Å². The third-order valence-electron chi connectivity index (χ3n) is 5.26. The molecule has 1 saturated heterocycles. The van der Waals surface area contributed by atoms with Gasteiger partial charge in [-0.25, -0.2) is 0 Å². The van der Waals surface area contributed by atoms with Crippen LogP contribution in [0.15, 0.2) is 60.8 Å². The summed E-state index contributed by atoms with van der Waals surface area (Å²) in [4.78, 5) is 2.58. The summed E-state index contributed by atoms with van der Waals surface area (Å²) in [5.74, 6) is 0.579. The lowest BCUT2D eigenvalue weighted by molar-refractivity contribution is 0.198. The first-order chi connectivity index (χ1) is 12.3. The van der Waals surface area contributed by atoms with E-state index in [1.54, 1.807) is 0 Å². The smallest absolute Gasteiger partial charge is 0.0490 e. The number of aryl methyl sites for hydroxylation is 1. The maximum atomic E-state index is 4.12. The zero-order valence-corrected chi connectivity index (χ0v) is 14.8. The molecule has 0 saturated carbocycles. The highest BCUT2D eigenvalue weighted by Crippen LogP contribution is 2.28. The molecule has 4 rings (SSSR count). The number of likely N-dealkylation sites (tertiary alicyclic amines) is 1.